The Morgan fingerprint density at radius 3 is 1.18 bits per heavy atom. The molecule has 0 aliphatic carbocycles. The molecular formula is C62H40. The fraction of sp³-hybridized carbons (Fsp3) is 0. The lowest BCUT2D eigenvalue weighted by Crippen LogP contribution is -1.94. The van der Waals surface area contributed by atoms with Gasteiger partial charge in [-0.05, 0) is 133 Å². The Labute approximate surface area is 362 Å². The minimum absolute atomic E-state index is 1.20. The summed E-state index contributed by atoms with van der Waals surface area (Å²) < 4.78 is 0. The van der Waals surface area contributed by atoms with E-state index in [1.165, 1.54) is 121 Å². The van der Waals surface area contributed by atoms with E-state index in [4.69, 9.17) is 0 Å². The van der Waals surface area contributed by atoms with E-state index in [0.717, 1.165) is 0 Å². The number of hydrogen-bond acceptors (Lipinski definition) is 0. The second kappa shape index (κ2) is 14.9. The molecule has 0 saturated heterocycles. The molecule has 12 rings (SSSR count). The highest BCUT2D eigenvalue weighted by molar-refractivity contribution is 6.30. The van der Waals surface area contributed by atoms with Gasteiger partial charge in [-0.2, -0.15) is 0 Å². The van der Waals surface area contributed by atoms with Gasteiger partial charge in [0.25, 0.3) is 0 Å². The molecule has 0 nitrogen and oxygen atoms in total. The van der Waals surface area contributed by atoms with Crippen LogP contribution in [0.1, 0.15) is 0 Å². The summed E-state index contributed by atoms with van der Waals surface area (Å²) in [7, 11) is 0. The Morgan fingerprint density at radius 2 is 0.565 bits per heavy atom. The van der Waals surface area contributed by atoms with Gasteiger partial charge in [0, 0.05) is 0 Å². The zero-order chi connectivity index (χ0) is 41.0. The van der Waals surface area contributed by atoms with E-state index in [1.807, 2.05) is 0 Å². The molecule has 0 bridgehead atoms. The molecule has 0 spiro atoms. The molecule has 288 valence electrons. The normalized spacial score (nSPS) is 11.5. The molecule has 0 unspecified atom stereocenters. The Kier molecular flexibility index (Phi) is 8.61. The lowest BCUT2D eigenvalue weighted by molar-refractivity contribution is 1.58. The summed E-state index contributed by atoms with van der Waals surface area (Å²) in [4.78, 5) is 0. The minimum atomic E-state index is 1.20. The van der Waals surface area contributed by atoms with Crippen LogP contribution in [0.25, 0.3) is 121 Å². The molecule has 62 heavy (non-hydrogen) atoms. The first kappa shape index (κ1) is 35.8. The first-order valence-electron chi connectivity index (χ1n) is 21.5. The van der Waals surface area contributed by atoms with Gasteiger partial charge in [-0.15, -0.1) is 0 Å². The van der Waals surface area contributed by atoms with Crippen LogP contribution in [0, 0.1) is 0 Å². The van der Waals surface area contributed by atoms with Crippen molar-refractivity contribution in [2.45, 2.75) is 0 Å². The van der Waals surface area contributed by atoms with Crippen LogP contribution in [0.5, 0.6) is 0 Å². The number of fused-ring (bicyclic) bond motifs is 1. The van der Waals surface area contributed by atoms with E-state index >= 15 is 0 Å². The van der Waals surface area contributed by atoms with E-state index in [2.05, 4.69) is 243 Å². The smallest absolute Gasteiger partial charge is 0.00141 e. The first-order valence-corrected chi connectivity index (χ1v) is 21.5. The maximum atomic E-state index is 2.46. The fourth-order valence-corrected chi connectivity index (χ4v) is 9.84. The van der Waals surface area contributed by atoms with Crippen LogP contribution >= 0.6 is 0 Å². The lowest BCUT2D eigenvalue weighted by atomic mass is 9.82. The summed E-state index contributed by atoms with van der Waals surface area (Å²) in [5.74, 6) is 0. The van der Waals surface area contributed by atoms with Gasteiger partial charge >= 0.3 is 0 Å². The third-order valence-corrected chi connectivity index (χ3v) is 12.9. The van der Waals surface area contributed by atoms with Crippen LogP contribution in [0.15, 0.2) is 243 Å². The van der Waals surface area contributed by atoms with E-state index in [0.29, 0.717) is 0 Å². The van der Waals surface area contributed by atoms with E-state index in [-0.39, 0.29) is 0 Å². The van der Waals surface area contributed by atoms with Crippen LogP contribution in [0.4, 0.5) is 0 Å². The van der Waals surface area contributed by atoms with E-state index in [9.17, 15) is 0 Å². The highest BCUT2D eigenvalue weighted by Crippen LogP contribution is 2.48. The first-order chi connectivity index (χ1) is 30.7. The van der Waals surface area contributed by atoms with Crippen molar-refractivity contribution in [3.8, 4) is 77.9 Å². The predicted molar refractivity (Wildman–Crippen MR) is 266 cm³/mol. The molecule has 0 atom stereocenters. The molecule has 0 radical (unpaired) electrons. The summed E-state index contributed by atoms with van der Waals surface area (Å²) in [6.07, 6.45) is 0. The van der Waals surface area contributed by atoms with Gasteiger partial charge in [0.1, 0.15) is 0 Å². The summed E-state index contributed by atoms with van der Waals surface area (Å²) >= 11 is 0. The number of rotatable bonds is 7. The van der Waals surface area contributed by atoms with Gasteiger partial charge in [0.2, 0.25) is 0 Å². The Morgan fingerprint density at radius 1 is 0.161 bits per heavy atom. The summed E-state index contributed by atoms with van der Waals surface area (Å²) in [6, 6.07) is 89.4. The second-order valence-electron chi connectivity index (χ2n) is 16.4. The van der Waals surface area contributed by atoms with Crippen molar-refractivity contribution in [2.24, 2.45) is 0 Å². The second-order valence-corrected chi connectivity index (χ2v) is 16.4. The third-order valence-electron chi connectivity index (χ3n) is 12.9. The molecule has 0 N–H and O–H groups in total. The van der Waals surface area contributed by atoms with Gasteiger partial charge < -0.3 is 0 Å². The molecule has 0 fully saturated rings. The van der Waals surface area contributed by atoms with E-state index < -0.39 is 0 Å². The molecule has 0 heterocycles. The molecule has 0 aliphatic rings. The average Bonchev–Trinajstić information content (AvgIpc) is 3.36. The van der Waals surface area contributed by atoms with Gasteiger partial charge in [0.15, 0.2) is 0 Å². The summed E-state index contributed by atoms with van der Waals surface area (Å²) in [6.45, 7) is 0. The van der Waals surface area contributed by atoms with Gasteiger partial charge in [0.05, 0.1) is 0 Å². The van der Waals surface area contributed by atoms with Crippen molar-refractivity contribution >= 4 is 43.1 Å². The zero-order valence-electron chi connectivity index (χ0n) is 34.1. The fourth-order valence-electron chi connectivity index (χ4n) is 9.84. The molecule has 0 heteroatoms. The summed E-state index contributed by atoms with van der Waals surface area (Å²) in [5.41, 5.74) is 17.2. The van der Waals surface area contributed by atoms with Crippen LogP contribution in [0.3, 0.4) is 0 Å². The van der Waals surface area contributed by atoms with Crippen LogP contribution in [0.2, 0.25) is 0 Å². The van der Waals surface area contributed by atoms with Gasteiger partial charge in [-0.1, -0.05) is 231 Å². The number of hydrogen-bond donors (Lipinski definition) is 0. The highest BCUT2D eigenvalue weighted by Gasteiger charge is 2.21. The van der Waals surface area contributed by atoms with Crippen molar-refractivity contribution in [2.75, 3.05) is 0 Å². The maximum absolute atomic E-state index is 2.46. The molecule has 12 aromatic carbocycles. The van der Waals surface area contributed by atoms with E-state index in [1.54, 1.807) is 0 Å². The Bertz CT molecular complexity index is 3580. The quantitative estimate of drug-likeness (QED) is 0.141. The topological polar surface area (TPSA) is 0 Å². The maximum Gasteiger partial charge on any atom is -0.00141 e. The average molecular weight is 785 g/mol. The van der Waals surface area contributed by atoms with Gasteiger partial charge in [-0.25, -0.2) is 0 Å². The molecular weight excluding hydrogens is 745 g/mol. The van der Waals surface area contributed by atoms with Crippen molar-refractivity contribution in [3.05, 3.63) is 243 Å². The monoisotopic (exact) mass is 784 g/mol. The van der Waals surface area contributed by atoms with Crippen molar-refractivity contribution in [3.63, 3.8) is 0 Å². The minimum Gasteiger partial charge on any atom is -0.0622 e. The molecule has 0 saturated carbocycles. The highest BCUT2D eigenvalue weighted by atomic mass is 14.2. The summed E-state index contributed by atoms with van der Waals surface area (Å²) in [5, 5.41) is 10.1. The molecule has 0 aliphatic heterocycles. The van der Waals surface area contributed by atoms with Crippen molar-refractivity contribution in [1.29, 1.82) is 0 Å². The molecule has 0 aromatic heterocycles. The number of benzene rings is 12. The largest absolute Gasteiger partial charge is 0.0622 e. The Hall–Kier alpha value is -8.06. The molecule has 0 amide bonds. The Balaban J connectivity index is 1.08. The van der Waals surface area contributed by atoms with Crippen LogP contribution in [-0.4, -0.2) is 0 Å². The van der Waals surface area contributed by atoms with Crippen molar-refractivity contribution in [1.82, 2.24) is 0 Å². The lowest BCUT2D eigenvalue weighted by Gasteiger charge is -2.21. The molecule has 12 aromatic rings. The zero-order valence-corrected chi connectivity index (χ0v) is 34.1. The predicted octanol–water partition coefficient (Wildman–Crippen LogP) is 17.4. The van der Waals surface area contributed by atoms with Gasteiger partial charge in [-0.3, -0.25) is 0 Å². The van der Waals surface area contributed by atoms with Crippen molar-refractivity contribution < 1.29 is 0 Å². The third kappa shape index (κ3) is 6.08. The standard InChI is InChI=1S/C62H40/c1-3-13-41(14-4-1)44-23-28-46(29-24-44)51-19-9-11-21-53(51)55-35-33-48-34-36-58-60(54-22-12-10-20-52(54)47-30-25-45(26-31-47)42-15-5-2-6-16-42)40-59(57-38-37-56(55)61(48)62(57)58)50-32-27-43-17-7-8-18-49(43)39-50/h1-40H. The van der Waals surface area contributed by atoms with Crippen LogP contribution < -0.4 is 0 Å². The SMILES string of the molecule is c1ccc(-c2ccc(-c3ccccc3-c3ccc4ccc5c(-c6ccccc6-c6ccc(-c7ccccc7)cc6)cc(-c6ccc7ccccc7c6)c6ccc3c4c65)cc2)cc1. The van der Waals surface area contributed by atoms with Crippen LogP contribution in [-0.2, 0) is 0 Å².